The van der Waals surface area contributed by atoms with Gasteiger partial charge in [-0.3, -0.25) is 19.2 Å². The van der Waals surface area contributed by atoms with Gasteiger partial charge in [0.25, 0.3) is 0 Å². The Balaban J connectivity index is 2.90. The van der Waals surface area contributed by atoms with Crippen molar-refractivity contribution in [2.75, 3.05) is 18.8 Å². The van der Waals surface area contributed by atoms with Gasteiger partial charge in [-0.1, -0.05) is 18.6 Å². The summed E-state index contributed by atoms with van der Waals surface area (Å²) >= 11 is 4.03. The molecule has 0 aromatic heterocycles. The van der Waals surface area contributed by atoms with Gasteiger partial charge in [0.05, 0.1) is 6.04 Å². The first-order chi connectivity index (χ1) is 15.2. The highest BCUT2D eigenvalue weighted by molar-refractivity contribution is 7.80. The summed E-state index contributed by atoms with van der Waals surface area (Å²) in [6, 6.07) is 3.07. The topological polar surface area (TPSA) is 197 Å². The van der Waals surface area contributed by atoms with E-state index in [2.05, 4.69) is 28.6 Å². The van der Waals surface area contributed by atoms with Crippen LogP contribution in [0, 0.1) is 0 Å². The molecule has 0 heterocycles. The van der Waals surface area contributed by atoms with Gasteiger partial charge in [-0.05, 0) is 37.1 Å². The van der Waals surface area contributed by atoms with Crippen LogP contribution in [0.1, 0.15) is 24.8 Å². The SMILES string of the molecule is NCCCCC(N)C(=O)NC(Cc1ccc(O)cc1)C(=O)NC(CS)C(=O)NCC(=O)O. The lowest BCUT2D eigenvalue weighted by Gasteiger charge is -2.23. The number of aliphatic carboxylic acids is 1. The molecule has 1 rings (SSSR count). The predicted molar refractivity (Wildman–Crippen MR) is 121 cm³/mol. The van der Waals surface area contributed by atoms with Gasteiger partial charge in [-0.15, -0.1) is 0 Å². The molecule has 9 N–H and O–H groups in total. The maximum atomic E-state index is 12.9. The van der Waals surface area contributed by atoms with E-state index in [0.717, 1.165) is 0 Å². The third-order valence-corrected chi connectivity index (χ3v) is 4.91. The van der Waals surface area contributed by atoms with E-state index in [1.807, 2.05) is 0 Å². The Morgan fingerprint density at radius 2 is 1.59 bits per heavy atom. The quantitative estimate of drug-likeness (QED) is 0.119. The second-order valence-electron chi connectivity index (χ2n) is 7.18. The molecule has 0 bridgehead atoms. The number of carboxylic acid groups (broad SMARTS) is 1. The summed E-state index contributed by atoms with van der Waals surface area (Å²) < 4.78 is 0. The zero-order valence-corrected chi connectivity index (χ0v) is 18.5. The highest BCUT2D eigenvalue weighted by atomic mass is 32.1. The predicted octanol–water partition coefficient (Wildman–Crippen LogP) is -1.51. The van der Waals surface area contributed by atoms with Crippen LogP contribution in [0.15, 0.2) is 24.3 Å². The minimum atomic E-state index is -1.23. The van der Waals surface area contributed by atoms with Crippen molar-refractivity contribution in [1.29, 1.82) is 0 Å². The maximum absolute atomic E-state index is 12.9. The van der Waals surface area contributed by atoms with Crippen molar-refractivity contribution in [3.8, 4) is 5.75 Å². The number of hydrogen-bond acceptors (Lipinski definition) is 8. The first-order valence-corrected chi connectivity index (χ1v) is 10.8. The number of carboxylic acids is 1. The number of phenolic OH excluding ortho intramolecular Hbond substituents is 1. The maximum Gasteiger partial charge on any atom is 0.322 e. The van der Waals surface area contributed by atoms with Crippen molar-refractivity contribution < 1.29 is 29.4 Å². The molecular weight excluding hydrogens is 438 g/mol. The van der Waals surface area contributed by atoms with Gasteiger partial charge in [-0.2, -0.15) is 12.6 Å². The third-order valence-electron chi connectivity index (χ3n) is 4.54. The van der Waals surface area contributed by atoms with Gasteiger partial charge in [0.15, 0.2) is 0 Å². The van der Waals surface area contributed by atoms with Crippen LogP contribution < -0.4 is 27.4 Å². The monoisotopic (exact) mass is 469 g/mol. The van der Waals surface area contributed by atoms with Crippen molar-refractivity contribution in [2.45, 2.75) is 43.8 Å². The Kier molecular flexibility index (Phi) is 12.1. The van der Waals surface area contributed by atoms with E-state index in [-0.39, 0.29) is 17.9 Å². The van der Waals surface area contributed by atoms with Crippen molar-refractivity contribution in [1.82, 2.24) is 16.0 Å². The smallest absolute Gasteiger partial charge is 0.322 e. The molecule has 32 heavy (non-hydrogen) atoms. The van der Waals surface area contributed by atoms with E-state index < -0.39 is 48.4 Å². The number of rotatable bonds is 14. The number of phenols is 1. The van der Waals surface area contributed by atoms with Gasteiger partial charge in [-0.25, -0.2) is 0 Å². The highest BCUT2D eigenvalue weighted by Crippen LogP contribution is 2.12. The van der Waals surface area contributed by atoms with Crippen LogP contribution in [-0.4, -0.2) is 70.9 Å². The van der Waals surface area contributed by atoms with E-state index in [1.54, 1.807) is 12.1 Å². The van der Waals surface area contributed by atoms with Crippen molar-refractivity contribution >= 4 is 36.3 Å². The molecule has 0 saturated carbocycles. The molecule has 3 atom stereocenters. The number of unbranched alkanes of at least 4 members (excludes halogenated alkanes) is 1. The lowest BCUT2D eigenvalue weighted by molar-refractivity contribution is -0.138. The summed E-state index contributed by atoms with van der Waals surface area (Å²) in [6.07, 6.45) is 1.84. The average Bonchev–Trinajstić information content (AvgIpc) is 2.76. The Bertz CT molecular complexity index is 776. The van der Waals surface area contributed by atoms with Gasteiger partial charge < -0.3 is 37.6 Å². The molecule has 1 aromatic carbocycles. The number of aromatic hydroxyl groups is 1. The molecule has 3 amide bonds. The second-order valence-corrected chi connectivity index (χ2v) is 7.54. The number of thiol groups is 1. The zero-order valence-electron chi connectivity index (χ0n) is 17.6. The second kappa shape index (κ2) is 14.3. The number of carbonyl (C=O) groups excluding carboxylic acids is 3. The zero-order chi connectivity index (χ0) is 24.1. The molecule has 0 aliphatic carbocycles. The average molecular weight is 470 g/mol. The Labute approximate surface area is 191 Å². The van der Waals surface area contributed by atoms with Crippen molar-refractivity contribution in [2.24, 2.45) is 11.5 Å². The standard InChI is InChI=1S/C20H31N5O6S/c21-8-2-1-3-14(22)18(29)24-15(9-12-4-6-13(26)7-5-12)20(31)25-16(11-32)19(30)23-10-17(27)28/h4-7,14-16,26,32H,1-3,8-11,21-22H2,(H,23,30)(H,24,29)(H,25,31)(H,27,28). The molecule has 0 spiro atoms. The fourth-order valence-corrected chi connectivity index (χ4v) is 3.00. The van der Waals surface area contributed by atoms with Crippen LogP contribution in [0.3, 0.4) is 0 Å². The van der Waals surface area contributed by atoms with Crippen molar-refractivity contribution in [3.05, 3.63) is 29.8 Å². The van der Waals surface area contributed by atoms with Crippen LogP contribution in [0.4, 0.5) is 0 Å². The highest BCUT2D eigenvalue weighted by Gasteiger charge is 2.28. The van der Waals surface area contributed by atoms with Crippen LogP contribution in [0.5, 0.6) is 5.75 Å². The minimum absolute atomic E-state index is 0.0472. The molecular formula is C20H31N5O6S. The van der Waals surface area contributed by atoms with Gasteiger partial charge in [0.1, 0.15) is 24.4 Å². The molecule has 0 saturated heterocycles. The van der Waals surface area contributed by atoms with Crippen LogP contribution in [0.25, 0.3) is 0 Å². The molecule has 12 heteroatoms. The van der Waals surface area contributed by atoms with E-state index in [4.69, 9.17) is 16.6 Å². The summed E-state index contributed by atoms with van der Waals surface area (Å²) in [5.41, 5.74) is 12.0. The van der Waals surface area contributed by atoms with Gasteiger partial charge in [0.2, 0.25) is 17.7 Å². The molecule has 1 aromatic rings. The summed E-state index contributed by atoms with van der Waals surface area (Å²) in [6.45, 7) is -0.125. The van der Waals surface area contributed by atoms with Gasteiger partial charge >= 0.3 is 5.97 Å². The summed E-state index contributed by atoms with van der Waals surface area (Å²) in [7, 11) is 0. The lowest BCUT2D eigenvalue weighted by atomic mass is 10.0. The van der Waals surface area contributed by atoms with E-state index >= 15 is 0 Å². The summed E-state index contributed by atoms with van der Waals surface area (Å²) in [5, 5.41) is 25.4. The lowest BCUT2D eigenvalue weighted by Crippen LogP contribution is -2.57. The van der Waals surface area contributed by atoms with Crippen LogP contribution in [0.2, 0.25) is 0 Å². The Morgan fingerprint density at radius 1 is 0.969 bits per heavy atom. The number of carbonyl (C=O) groups is 4. The molecule has 0 radical (unpaired) electrons. The van der Waals surface area contributed by atoms with E-state index in [0.29, 0.717) is 31.4 Å². The molecule has 0 fully saturated rings. The molecule has 0 aliphatic heterocycles. The van der Waals surface area contributed by atoms with E-state index in [9.17, 15) is 24.3 Å². The first-order valence-electron chi connectivity index (χ1n) is 10.1. The van der Waals surface area contributed by atoms with Crippen LogP contribution in [-0.2, 0) is 25.6 Å². The number of benzene rings is 1. The minimum Gasteiger partial charge on any atom is -0.508 e. The molecule has 11 nitrogen and oxygen atoms in total. The largest absolute Gasteiger partial charge is 0.508 e. The normalized spacial score (nSPS) is 13.5. The number of nitrogens with one attached hydrogen (secondary N) is 3. The molecule has 3 unspecified atom stereocenters. The molecule has 0 aliphatic rings. The Hall–Kier alpha value is -2.83. The first kappa shape index (κ1) is 27.2. The van der Waals surface area contributed by atoms with E-state index in [1.165, 1.54) is 12.1 Å². The number of nitrogens with two attached hydrogens (primary N) is 2. The number of amides is 3. The Morgan fingerprint density at radius 3 is 2.16 bits per heavy atom. The molecule has 178 valence electrons. The summed E-state index contributed by atoms with van der Waals surface area (Å²) in [5.74, 6) is -3.18. The third kappa shape index (κ3) is 9.98. The van der Waals surface area contributed by atoms with Gasteiger partial charge in [0, 0.05) is 12.2 Å². The van der Waals surface area contributed by atoms with Crippen LogP contribution >= 0.6 is 12.6 Å². The number of hydrogen-bond donors (Lipinski definition) is 8. The fraction of sp³-hybridized carbons (Fsp3) is 0.500. The van der Waals surface area contributed by atoms with Crippen molar-refractivity contribution in [3.63, 3.8) is 0 Å². The summed E-state index contributed by atoms with van der Waals surface area (Å²) in [4.78, 5) is 48.2. The fourth-order valence-electron chi connectivity index (χ4n) is 2.75.